The fraction of sp³-hybridized carbons (Fsp3) is 0.944. The lowest BCUT2D eigenvalue weighted by molar-refractivity contribution is -0.144. The molecule has 0 aromatic heterocycles. The minimum Gasteiger partial charge on any atom is -0.481 e. The summed E-state index contributed by atoms with van der Waals surface area (Å²) < 4.78 is 10.8. The third-order valence-electron chi connectivity index (χ3n) is 12.4. The molecular weight excluding hydrogens is 1000 g/mol. The van der Waals surface area contributed by atoms with Gasteiger partial charge in [-0.05, 0) is 96.3 Å². The second kappa shape index (κ2) is 58.6. The number of unbranched alkanes of at least 4 members (excludes halogenated alkanes) is 24. The van der Waals surface area contributed by atoms with Crippen molar-refractivity contribution in [2.24, 2.45) is 0 Å². The molecule has 16 heteroatoms. The molecule has 0 bridgehead atoms. The summed E-state index contributed by atoms with van der Waals surface area (Å²) >= 11 is 0. The second-order valence-electron chi connectivity index (χ2n) is 18.9. The Kier molecular flexibility index (Phi) is 58.9. The van der Waals surface area contributed by atoms with E-state index in [1.54, 1.807) is 0 Å². The van der Waals surface area contributed by atoms with Gasteiger partial charge in [-0.1, -0.05) is 200 Å². The van der Waals surface area contributed by atoms with Gasteiger partial charge in [0.2, 0.25) is 0 Å². The zero-order valence-corrected chi connectivity index (χ0v) is 48.8. The summed E-state index contributed by atoms with van der Waals surface area (Å²) in [5, 5.41) is 44.6. The molecule has 10 nitrogen and oxygen atoms in total. The van der Waals surface area contributed by atoms with E-state index in [2.05, 4.69) is 0 Å². The van der Waals surface area contributed by atoms with Gasteiger partial charge in [0.15, 0.2) is 0 Å². The van der Waals surface area contributed by atoms with Crippen LogP contribution in [0.1, 0.15) is 250 Å². The largest absolute Gasteiger partial charge is 0.481 e. The van der Waals surface area contributed by atoms with E-state index in [1.165, 1.54) is 146 Å². The monoisotopic (exact) mass is 1100 g/mol. The Morgan fingerprint density at radius 2 is 0.600 bits per heavy atom. The number of hydrogen-bond donors (Lipinski definition) is 5. The number of hydrogen-bond acceptors (Lipinski definition) is 15. The highest BCUT2D eigenvalue weighted by Crippen LogP contribution is 2.41. The van der Waals surface area contributed by atoms with Crippen LogP contribution in [0.4, 0.5) is 0 Å². The molecule has 3 rings (SSSR count). The molecule has 3 fully saturated rings. The average Bonchev–Trinajstić information content (AvgIpc) is 4.20. The van der Waals surface area contributed by atoms with Crippen LogP contribution in [0.25, 0.3) is 0 Å². The lowest BCUT2D eigenvalue weighted by Crippen LogP contribution is -2.06. The number of aliphatic hydroxyl groups is 4. The van der Waals surface area contributed by atoms with Crippen LogP contribution in [0.2, 0.25) is 0 Å². The highest BCUT2D eigenvalue weighted by molar-refractivity contribution is 8.78. The number of carboxylic acid groups (broad SMARTS) is 1. The first-order chi connectivity index (χ1) is 34.4. The van der Waals surface area contributed by atoms with E-state index in [9.17, 15) is 14.4 Å². The Hall–Kier alpha value is 0.350. The molecule has 0 aliphatic carbocycles. The van der Waals surface area contributed by atoms with E-state index in [0.717, 1.165) is 118 Å². The molecule has 5 N–H and O–H groups in total. The smallest absolute Gasteiger partial charge is 0.305 e. The van der Waals surface area contributed by atoms with Crippen molar-refractivity contribution in [3.05, 3.63) is 0 Å². The van der Waals surface area contributed by atoms with Crippen molar-refractivity contribution in [2.75, 3.05) is 56.9 Å². The maximum Gasteiger partial charge on any atom is 0.305 e. The van der Waals surface area contributed by atoms with Crippen molar-refractivity contribution in [2.45, 2.75) is 266 Å². The van der Waals surface area contributed by atoms with Gasteiger partial charge in [0.05, 0.1) is 13.2 Å². The minimum absolute atomic E-state index is 0.00802. The average molecular weight is 1110 g/mol. The third-order valence-corrected chi connectivity index (χ3v) is 21.4. The van der Waals surface area contributed by atoms with Crippen molar-refractivity contribution in [3.63, 3.8) is 0 Å². The molecule has 0 aromatic rings. The van der Waals surface area contributed by atoms with Crippen LogP contribution in [-0.2, 0) is 23.9 Å². The molecule has 416 valence electrons. The van der Waals surface area contributed by atoms with Gasteiger partial charge in [-0.25, -0.2) is 0 Å². The molecule has 0 radical (unpaired) electrons. The Balaban J connectivity index is 0.00000113. The van der Waals surface area contributed by atoms with Crippen LogP contribution in [-0.4, -0.2) is 116 Å². The Morgan fingerprint density at radius 3 is 0.843 bits per heavy atom. The molecule has 3 aliphatic rings. The highest BCUT2D eigenvalue weighted by atomic mass is 33.1. The van der Waals surface area contributed by atoms with Crippen molar-refractivity contribution in [3.8, 4) is 0 Å². The van der Waals surface area contributed by atoms with Crippen LogP contribution in [0.5, 0.6) is 0 Å². The van der Waals surface area contributed by atoms with Gasteiger partial charge in [0.25, 0.3) is 0 Å². The summed E-state index contributed by atoms with van der Waals surface area (Å²) in [4.78, 5) is 33.8. The minimum atomic E-state index is -0.663. The van der Waals surface area contributed by atoms with E-state index in [1.807, 2.05) is 64.8 Å². The van der Waals surface area contributed by atoms with E-state index < -0.39 is 5.97 Å². The quantitative estimate of drug-likeness (QED) is 0.0222. The maximum atomic E-state index is 11.8. The summed E-state index contributed by atoms with van der Waals surface area (Å²) in [6, 6.07) is 0. The van der Waals surface area contributed by atoms with Crippen molar-refractivity contribution >= 4 is 82.7 Å². The van der Waals surface area contributed by atoms with Crippen LogP contribution < -0.4 is 0 Å². The summed E-state index contributed by atoms with van der Waals surface area (Å²) in [6.45, 7) is 2.45. The summed E-state index contributed by atoms with van der Waals surface area (Å²) in [5.41, 5.74) is 0. The summed E-state index contributed by atoms with van der Waals surface area (Å²) in [5.74, 6) is 3.17. The number of carbonyl (C=O) groups is 3. The maximum absolute atomic E-state index is 11.8. The van der Waals surface area contributed by atoms with Gasteiger partial charge in [0, 0.05) is 78.7 Å². The van der Waals surface area contributed by atoms with Gasteiger partial charge >= 0.3 is 17.9 Å². The van der Waals surface area contributed by atoms with E-state index in [-0.39, 0.29) is 25.2 Å². The first-order valence-corrected chi connectivity index (χ1v) is 35.3. The third kappa shape index (κ3) is 54.6. The second-order valence-corrected chi connectivity index (χ2v) is 27.3. The molecule has 70 heavy (non-hydrogen) atoms. The van der Waals surface area contributed by atoms with Crippen LogP contribution in [0.3, 0.4) is 0 Å². The highest BCUT2D eigenvalue weighted by Gasteiger charge is 2.18. The Bertz CT molecular complexity index is 1030. The first-order valence-electron chi connectivity index (χ1n) is 28.2. The molecule has 3 saturated heterocycles. The van der Waals surface area contributed by atoms with E-state index in [0.29, 0.717) is 45.7 Å². The fourth-order valence-electron chi connectivity index (χ4n) is 7.97. The topological polar surface area (TPSA) is 171 Å². The van der Waals surface area contributed by atoms with Gasteiger partial charge in [-0.3, -0.25) is 14.4 Å². The molecule has 3 heterocycles. The predicted molar refractivity (Wildman–Crippen MR) is 309 cm³/mol. The standard InChI is InChI=1S/C28H50O4S4.C12H26O2.C8H14O2S2.C6H14O2/c29-27(17-11-9-15-25-19-23-33-35-25)31-21-13-7-5-3-1-2-4-6-8-14-22-32-28(30)18-12-10-16-26-20-24-34-36-26;13-11-9-7-5-3-1-2-4-6-8-10-12-14;9-8(10)4-2-1-3-7-5-6-11-12-7;7-5-3-1-2-4-6-8/h25-26H,1-24H2;13-14H,1-12H2;7H,1-6H2,(H,9,10);7-8H,1-6H2. The molecule has 3 atom stereocenters. The number of ether oxygens (including phenoxy) is 2. The number of rotatable bonds is 44. The molecule has 0 amide bonds. The van der Waals surface area contributed by atoms with Crippen LogP contribution in [0.15, 0.2) is 0 Å². The molecule has 0 aromatic carbocycles. The summed E-state index contributed by atoms with van der Waals surface area (Å²) in [6.07, 6.45) is 43.3. The van der Waals surface area contributed by atoms with Gasteiger partial charge in [0.1, 0.15) is 0 Å². The molecular formula is C54H104O10S6. The van der Waals surface area contributed by atoms with Crippen molar-refractivity contribution in [1.29, 1.82) is 0 Å². The number of carboxylic acids is 1. The number of carbonyl (C=O) groups excluding carboxylic acids is 2. The number of esters is 2. The normalized spacial score (nSPS) is 17.2. The first kappa shape index (κ1) is 70.3. The zero-order valence-electron chi connectivity index (χ0n) is 43.9. The van der Waals surface area contributed by atoms with E-state index in [4.69, 9.17) is 35.0 Å². The fourth-order valence-corrected chi connectivity index (χ4v) is 17.1. The number of aliphatic carboxylic acids is 1. The number of aliphatic hydroxyl groups excluding tert-OH is 4. The molecule has 0 saturated carbocycles. The Morgan fingerprint density at radius 1 is 0.343 bits per heavy atom. The Labute approximate surface area is 452 Å². The van der Waals surface area contributed by atoms with E-state index >= 15 is 0 Å². The van der Waals surface area contributed by atoms with Crippen LogP contribution in [0, 0.1) is 0 Å². The summed E-state index contributed by atoms with van der Waals surface area (Å²) in [7, 11) is 11.9. The lowest BCUT2D eigenvalue weighted by atomic mass is 10.1. The lowest BCUT2D eigenvalue weighted by Gasteiger charge is -2.08. The van der Waals surface area contributed by atoms with Crippen LogP contribution >= 0.6 is 64.8 Å². The van der Waals surface area contributed by atoms with Gasteiger partial charge < -0.3 is 35.0 Å². The van der Waals surface area contributed by atoms with Gasteiger partial charge in [-0.15, -0.1) is 0 Å². The van der Waals surface area contributed by atoms with Gasteiger partial charge in [-0.2, -0.15) is 0 Å². The molecule has 3 unspecified atom stereocenters. The molecule has 3 aliphatic heterocycles. The SMILES string of the molecule is O=C(CCCCC1CCSS1)OCCCCCCCCCCCCOC(=O)CCCCC1CCSS1.O=C(O)CCCCC1CCSS1.OCCCCCCCCCCCCO.OCCCCCCO. The van der Waals surface area contributed by atoms with Crippen molar-refractivity contribution < 1.29 is 49.4 Å². The predicted octanol–water partition coefficient (Wildman–Crippen LogP) is 15.6. The molecule has 0 spiro atoms. The zero-order chi connectivity index (χ0) is 51.1. The van der Waals surface area contributed by atoms with Crippen molar-refractivity contribution in [1.82, 2.24) is 0 Å².